The van der Waals surface area contributed by atoms with Gasteiger partial charge in [0.1, 0.15) is 0 Å². The van der Waals surface area contributed by atoms with E-state index in [1.54, 1.807) is 24.3 Å². The number of carbonyl (C=O) groups excluding carboxylic acids is 3. The van der Waals surface area contributed by atoms with E-state index in [1.165, 1.54) is 7.11 Å². The highest BCUT2D eigenvalue weighted by molar-refractivity contribution is 5.92. The third-order valence-electron chi connectivity index (χ3n) is 4.45. The van der Waals surface area contributed by atoms with Gasteiger partial charge >= 0.3 is 0 Å². The molecule has 0 unspecified atom stereocenters. The van der Waals surface area contributed by atoms with Crippen molar-refractivity contribution in [2.24, 2.45) is 0 Å². The van der Waals surface area contributed by atoms with Crippen molar-refractivity contribution in [2.75, 3.05) is 20.3 Å². The minimum absolute atomic E-state index is 0.147. The van der Waals surface area contributed by atoms with Gasteiger partial charge in [0.2, 0.25) is 5.91 Å². The third kappa shape index (κ3) is 6.20. The van der Waals surface area contributed by atoms with Crippen molar-refractivity contribution >= 4 is 28.5 Å². The summed E-state index contributed by atoms with van der Waals surface area (Å²) in [5.41, 5.74) is 5.34. The van der Waals surface area contributed by atoms with E-state index >= 15 is 0 Å². The van der Waals surface area contributed by atoms with Crippen LogP contribution < -0.4 is 25.6 Å². The normalized spacial score (nSPS) is 10.2. The second-order valence-electron chi connectivity index (χ2n) is 6.63. The molecule has 8 heteroatoms. The van der Waals surface area contributed by atoms with Crippen LogP contribution in [0, 0.1) is 0 Å². The van der Waals surface area contributed by atoms with Crippen LogP contribution in [0.25, 0.3) is 10.8 Å². The second kappa shape index (κ2) is 10.6. The molecule has 3 N–H and O–H groups in total. The standard InChI is InChI=1S/C23H23N3O5/c1-30-19-11-4-5-12-20(19)31-15-23(29)26-25-22(28)14-24-21(27)13-17-9-6-8-16-7-2-3-10-18(16)17/h2-12H,13-15H2,1H3,(H,24,27)(H,25,28)(H,26,29). The molecule has 0 aliphatic rings. The van der Waals surface area contributed by atoms with E-state index in [4.69, 9.17) is 9.47 Å². The molecule has 160 valence electrons. The molecule has 31 heavy (non-hydrogen) atoms. The maximum absolute atomic E-state index is 12.2. The number of hydrogen-bond acceptors (Lipinski definition) is 5. The average molecular weight is 421 g/mol. The van der Waals surface area contributed by atoms with Gasteiger partial charge in [-0.1, -0.05) is 54.6 Å². The zero-order valence-electron chi connectivity index (χ0n) is 17.0. The molecule has 0 bridgehead atoms. The average Bonchev–Trinajstić information content (AvgIpc) is 2.80. The molecule has 0 saturated carbocycles. The predicted molar refractivity (Wildman–Crippen MR) is 115 cm³/mol. The van der Waals surface area contributed by atoms with Crippen LogP contribution in [0.4, 0.5) is 0 Å². The van der Waals surface area contributed by atoms with Gasteiger partial charge in [-0.15, -0.1) is 0 Å². The van der Waals surface area contributed by atoms with Crippen LogP contribution in [-0.4, -0.2) is 38.0 Å². The molecule has 3 aromatic rings. The lowest BCUT2D eigenvalue weighted by Crippen LogP contribution is -2.47. The van der Waals surface area contributed by atoms with E-state index in [2.05, 4.69) is 16.2 Å². The van der Waals surface area contributed by atoms with Crippen LogP contribution in [-0.2, 0) is 20.8 Å². The number of hydrazine groups is 1. The first-order chi connectivity index (χ1) is 15.1. The summed E-state index contributed by atoms with van der Waals surface area (Å²) in [6, 6.07) is 20.4. The van der Waals surface area contributed by atoms with Crippen LogP contribution in [0.1, 0.15) is 5.56 Å². The van der Waals surface area contributed by atoms with Gasteiger partial charge in [0.15, 0.2) is 18.1 Å². The third-order valence-corrected chi connectivity index (χ3v) is 4.45. The minimum Gasteiger partial charge on any atom is -0.493 e. The van der Waals surface area contributed by atoms with E-state index < -0.39 is 11.8 Å². The molecule has 0 aromatic heterocycles. The number of ether oxygens (including phenoxy) is 2. The molecule has 3 amide bonds. The molecule has 0 radical (unpaired) electrons. The van der Waals surface area contributed by atoms with Gasteiger partial charge in [-0.3, -0.25) is 25.2 Å². The van der Waals surface area contributed by atoms with E-state index in [-0.39, 0.29) is 25.5 Å². The molecule has 0 atom stereocenters. The fraction of sp³-hybridized carbons (Fsp3) is 0.174. The van der Waals surface area contributed by atoms with Crippen LogP contribution in [0.2, 0.25) is 0 Å². The summed E-state index contributed by atoms with van der Waals surface area (Å²) in [4.78, 5) is 35.9. The second-order valence-corrected chi connectivity index (χ2v) is 6.63. The summed E-state index contributed by atoms with van der Waals surface area (Å²) in [7, 11) is 1.50. The molecular weight excluding hydrogens is 398 g/mol. The topological polar surface area (TPSA) is 106 Å². The largest absolute Gasteiger partial charge is 0.493 e. The minimum atomic E-state index is -0.558. The Morgan fingerprint density at radius 1 is 0.774 bits per heavy atom. The van der Waals surface area contributed by atoms with Gasteiger partial charge in [-0.05, 0) is 28.5 Å². The van der Waals surface area contributed by atoms with Crippen LogP contribution in [0.5, 0.6) is 11.5 Å². The van der Waals surface area contributed by atoms with E-state index in [9.17, 15) is 14.4 Å². The molecule has 0 aliphatic heterocycles. The molecule has 0 aliphatic carbocycles. The molecule has 3 aromatic carbocycles. The first kappa shape index (κ1) is 21.6. The van der Waals surface area contributed by atoms with Gasteiger partial charge in [-0.25, -0.2) is 0 Å². The van der Waals surface area contributed by atoms with Gasteiger partial charge in [0.05, 0.1) is 20.1 Å². The Morgan fingerprint density at radius 3 is 2.26 bits per heavy atom. The van der Waals surface area contributed by atoms with Crippen molar-refractivity contribution in [3.05, 3.63) is 72.3 Å². The highest BCUT2D eigenvalue weighted by Crippen LogP contribution is 2.25. The fourth-order valence-electron chi connectivity index (χ4n) is 2.96. The zero-order valence-corrected chi connectivity index (χ0v) is 17.0. The number of nitrogens with one attached hydrogen (secondary N) is 3. The lowest BCUT2D eigenvalue weighted by Gasteiger charge is -2.11. The van der Waals surface area contributed by atoms with E-state index in [1.807, 2.05) is 42.5 Å². The van der Waals surface area contributed by atoms with Crippen molar-refractivity contribution < 1.29 is 23.9 Å². The fourth-order valence-corrected chi connectivity index (χ4v) is 2.96. The lowest BCUT2D eigenvalue weighted by atomic mass is 10.0. The number of amides is 3. The van der Waals surface area contributed by atoms with Crippen LogP contribution in [0.15, 0.2) is 66.7 Å². The quantitative estimate of drug-likeness (QED) is 0.481. The highest BCUT2D eigenvalue weighted by atomic mass is 16.5. The van der Waals surface area contributed by atoms with Gasteiger partial charge in [0.25, 0.3) is 11.8 Å². The van der Waals surface area contributed by atoms with Crippen molar-refractivity contribution in [2.45, 2.75) is 6.42 Å². The Morgan fingerprint density at radius 2 is 1.45 bits per heavy atom. The first-order valence-electron chi connectivity index (χ1n) is 9.63. The molecule has 0 spiro atoms. The summed E-state index contributed by atoms with van der Waals surface area (Å²) in [6.07, 6.45) is 0.147. The maximum atomic E-state index is 12.2. The van der Waals surface area contributed by atoms with E-state index in [0.29, 0.717) is 11.5 Å². The van der Waals surface area contributed by atoms with E-state index in [0.717, 1.165) is 16.3 Å². The summed E-state index contributed by atoms with van der Waals surface area (Å²) in [6.45, 7) is -0.578. The summed E-state index contributed by atoms with van der Waals surface area (Å²) in [5, 5.41) is 4.58. The Kier molecular flexibility index (Phi) is 7.42. The summed E-state index contributed by atoms with van der Waals surface area (Å²) >= 11 is 0. The van der Waals surface area contributed by atoms with Gasteiger partial charge < -0.3 is 14.8 Å². The molecule has 8 nitrogen and oxygen atoms in total. The monoisotopic (exact) mass is 421 g/mol. The maximum Gasteiger partial charge on any atom is 0.276 e. The Hall–Kier alpha value is -4.07. The first-order valence-corrected chi connectivity index (χ1v) is 9.63. The number of para-hydroxylation sites is 2. The van der Waals surface area contributed by atoms with Crippen molar-refractivity contribution in [1.29, 1.82) is 0 Å². The predicted octanol–water partition coefficient (Wildman–Crippen LogP) is 1.73. The number of benzene rings is 3. The molecule has 3 rings (SSSR count). The Labute approximate surface area is 179 Å². The lowest BCUT2D eigenvalue weighted by molar-refractivity contribution is -0.130. The number of rotatable bonds is 8. The molecular formula is C23H23N3O5. The van der Waals surface area contributed by atoms with Crippen LogP contribution >= 0.6 is 0 Å². The Bertz CT molecular complexity index is 1080. The highest BCUT2D eigenvalue weighted by Gasteiger charge is 2.11. The smallest absolute Gasteiger partial charge is 0.276 e. The number of hydrogen-bond donors (Lipinski definition) is 3. The van der Waals surface area contributed by atoms with Crippen LogP contribution in [0.3, 0.4) is 0 Å². The van der Waals surface area contributed by atoms with Crippen molar-refractivity contribution in [1.82, 2.24) is 16.2 Å². The van der Waals surface area contributed by atoms with Crippen molar-refractivity contribution in [3.63, 3.8) is 0 Å². The molecule has 0 fully saturated rings. The number of fused-ring (bicyclic) bond motifs is 1. The summed E-state index contributed by atoms with van der Waals surface area (Å²) in [5.74, 6) is -0.504. The molecule has 0 heterocycles. The zero-order chi connectivity index (χ0) is 22.1. The number of methoxy groups -OCH3 is 1. The van der Waals surface area contributed by atoms with Gasteiger partial charge in [0, 0.05) is 0 Å². The molecule has 0 saturated heterocycles. The number of carbonyl (C=O) groups is 3. The summed E-state index contributed by atoms with van der Waals surface area (Å²) < 4.78 is 10.5. The van der Waals surface area contributed by atoms with Gasteiger partial charge in [-0.2, -0.15) is 0 Å². The Balaban J connectivity index is 1.39. The van der Waals surface area contributed by atoms with Crippen molar-refractivity contribution in [3.8, 4) is 11.5 Å². The SMILES string of the molecule is COc1ccccc1OCC(=O)NNC(=O)CNC(=O)Cc1cccc2ccccc12.